The average Bonchev–Trinajstić information content (AvgIpc) is 2.66. The summed E-state index contributed by atoms with van der Waals surface area (Å²) in [4.78, 5) is 24.4. The van der Waals surface area contributed by atoms with Gasteiger partial charge in [-0.05, 0) is 47.5 Å². The summed E-state index contributed by atoms with van der Waals surface area (Å²) in [5.41, 5.74) is 1.71. The molecule has 3 rings (SSSR count). The summed E-state index contributed by atoms with van der Waals surface area (Å²) in [7, 11) is 0. The third kappa shape index (κ3) is 3.86. The second-order valence-electron chi connectivity index (χ2n) is 5.69. The van der Waals surface area contributed by atoms with Crippen molar-refractivity contribution in [1.29, 1.82) is 0 Å². The lowest BCUT2D eigenvalue weighted by Crippen LogP contribution is -2.12. The number of carbonyl (C=O) groups excluding carboxylic acids is 2. The van der Waals surface area contributed by atoms with Gasteiger partial charge in [-0.25, -0.2) is 4.79 Å². The van der Waals surface area contributed by atoms with Crippen molar-refractivity contribution in [2.24, 2.45) is 0 Å². The Kier molecular flexibility index (Phi) is 5.09. The van der Waals surface area contributed by atoms with Gasteiger partial charge in [0.1, 0.15) is 0 Å². The predicted octanol–water partition coefficient (Wildman–Crippen LogP) is 4.66. The number of benzene rings is 3. The molecule has 126 valence electrons. The van der Waals surface area contributed by atoms with Gasteiger partial charge >= 0.3 is 5.97 Å². The molecule has 0 fully saturated rings. The summed E-state index contributed by atoms with van der Waals surface area (Å²) in [6.45, 7) is 2.34. The smallest absolute Gasteiger partial charge is 0.338 e. The zero-order valence-electron chi connectivity index (χ0n) is 14.0. The van der Waals surface area contributed by atoms with Gasteiger partial charge in [-0.15, -0.1) is 0 Å². The van der Waals surface area contributed by atoms with E-state index >= 15 is 0 Å². The summed E-state index contributed by atoms with van der Waals surface area (Å²) >= 11 is 0. The molecule has 0 saturated carbocycles. The van der Waals surface area contributed by atoms with Crippen LogP contribution in [0.15, 0.2) is 66.7 Å². The van der Waals surface area contributed by atoms with E-state index in [0.717, 1.165) is 17.2 Å². The lowest BCUT2D eigenvalue weighted by atomic mass is 10.0. The molecule has 3 aromatic carbocycles. The number of fused-ring (bicyclic) bond motifs is 1. The summed E-state index contributed by atoms with van der Waals surface area (Å²) in [5, 5.41) is 4.79. The van der Waals surface area contributed by atoms with Gasteiger partial charge in [-0.2, -0.15) is 0 Å². The number of esters is 1. The van der Waals surface area contributed by atoms with Crippen LogP contribution in [-0.2, 0) is 4.74 Å². The highest BCUT2D eigenvalue weighted by Crippen LogP contribution is 2.20. The Balaban J connectivity index is 1.75. The highest BCUT2D eigenvalue weighted by molar-refractivity contribution is 6.13. The Hall–Kier alpha value is -3.14. The van der Waals surface area contributed by atoms with E-state index in [4.69, 9.17) is 4.74 Å². The fourth-order valence-electron chi connectivity index (χ4n) is 2.59. The van der Waals surface area contributed by atoms with E-state index in [2.05, 4.69) is 5.32 Å². The van der Waals surface area contributed by atoms with E-state index < -0.39 is 0 Å². The number of hydrogen-bond acceptors (Lipinski definition) is 3. The van der Waals surface area contributed by atoms with Gasteiger partial charge < -0.3 is 10.1 Å². The van der Waals surface area contributed by atoms with Crippen LogP contribution in [0, 0.1) is 0 Å². The van der Waals surface area contributed by atoms with Gasteiger partial charge in [0.15, 0.2) is 0 Å². The minimum Gasteiger partial charge on any atom is -0.462 e. The number of carbonyl (C=O) groups is 2. The third-order valence-electron chi connectivity index (χ3n) is 3.85. The van der Waals surface area contributed by atoms with Gasteiger partial charge in [-0.3, -0.25) is 4.79 Å². The van der Waals surface area contributed by atoms with Crippen LogP contribution in [-0.4, -0.2) is 18.5 Å². The predicted molar refractivity (Wildman–Crippen MR) is 98.9 cm³/mol. The molecule has 0 spiro atoms. The number of amides is 1. The van der Waals surface area contributed by atoms with E-state index in [1.807, 2.05) is 43.3 Å². The molecule has 0 aliphatic rings. The van der Waals surface area contributed by atoms with Gasteiger partial charge in [0.25, 0.3) is 5.91 Å². The first-order valence-electron chi connectivity index (χ1n) is 8.25. The molecule has 4 heteroatoms. The monoisotopic (exact) mass is 333 g/mol. The fraction of sp³-hybridized carbons (Fsp3) is 0.143. The van der Waals surface area contributed by atoms with Crippen molar-refractivity contribution in [2.45, 2.75) is 13.3 Å². The molecule has 0 radical (unpaired) electrons. The quantitative estimate of drug-likeness (QED) is 0.691. The second kappa shape index (κ2) is 7.62. The Morgan fingerprint density at radius 1 is 0.920 bits per heavy atom. The molecule has 4 nitrogen and oxygen atoms in total. The normalized spacial score (nSPS) is 10.4. The van der Waals surface area contributed by atoms with Crippen LogP contribution < -0.4 is 5.32 Å². The van der Waals surface area contributed by atoms with E-state index in [-0.39, 0.29) is 11.9 Å². The summed E-state index contributed by atoms with van der Waals surface area (Å²) < 4.78 is 5.09. The topological polar surface area (TPSA) is 55.4 Å². The van der Waals surface area contributed by atoms with Crippen LogP contribution in [0.5, 0.6) is 0 Å². The van der Waals surface area contributed by atoms with Crippen LogP contribution in [0.1, 0.15) is 34.1 Å². The first kappa shape index (κ1) is 16.7. The molecule has 0 heterocycles. The maximum absolute atomic E-state index is 12.6. The second-order valence-corrected chi connectivity index (χ2v) is 5.69. The van der Waals surface area contributed by atoms with Crippen LogP contribution in [0.4, 0.5) is 5.69 Å². The zero-order valence-corrected chi connectivity index (χ0v) is 14.0. The molecule has 0 unspecified atom stereocenters. The van der Waals surface area contributed by atoms with Crippen molar-refractivity contribution in [3.05, 3.63) is 77.9 Å². The Morgan fingerprint density at radius 3 is 2.40 bits per heavy atom. The SMILES string of the molecule is CCCOC(=O)c1ccc(NC(=O)c2cccc3ccccc23)cc1. The summed E-state index contributed by atoms with van der Waals surface area (Å²) in [5.74, 6) is -0.535. The largest absolute Gasteiger partial charge is 0.462 e. The Labute approximate surface area is 146 Å². The lowest BCUT2D eigenvalue weighted by Gasteiger charge is -2.09. The van der Waals surface area contributed by atoms with Crippen LogP contribution in [0.3, 0.4) is 0 Å². The average molecular weight is 333 g/mol. The van der Waals surface area contributed by atoms with Crippen LogP contribution >= 0.6 is 0 Å². The van der Waals surface area contributed by atoms with Crippen molar-refractivity contribution < 1.29 is 14.3 Å². The fourth-order valence-corrected chi connectivity index (χ4v) is 2.59. The molecule has 0 aromatic heterocycles. The zero-order chi connectivity index (χ0) is 17.6. The minimum absolute atomic E-state index is 0.182. The standard InChI is InChI=1S/C21H19NO3/c1-2-14-25-21(24)16-10-12-17(13-11-16)22-20(23)19-9-5-7-15-6-3-4-8-18(15)19/h3-13H,2,14H2,1H3,(H,22,23). The van der Waals surface area contributed by atoms with Gasteiger partial charge in [0.05, 0.1) is 12.2 Å². The molecule has 3 aromatic rings. The molecule has 25 heavy (non-hydrogen) atoms. The van der Waals surface area contributed by atoms with Gasteiger partial charge in [-0.1, -0.05) is 43.3 Å². The highest BCUT2D eigenvalue weighted by atomic mass is 16.5. The van der Waals surface area contributed by atoms with Gasteiger partial charge in [0.2, 0.25) is 0 Å². The Bertz CT molecular complexity index is 895. The van der Waals surface area contributed by atoms with E-state index in [1.54, 1.807) is 30.3 Å². The minimum atomic E-state index is -0.353. The van der Waals surface area contributed by atoms with Crippen LogP contribution in [0.25, 0.3) is 10.8 Å². The molecule has 0 aliphatic carbocycles. The van der Waals surface area contributed by atoms with Crippen molar-refractivity contribution in [3.63, 3.8) is 0 Å². The maximum atomic E-state index is 12.6. The first-order valence-corrected chi connectivity index (χ1v) is 8.25. The number of rotatable bonds is 5. The molecule has 0 atom stereocenters. The molecule has 1 N–H and O–H groups in total. The molecule has 1 amide bonds. The number of nitrogens with one attached hydrogen (secondary N) is 1. The van der Waals surface area contributed by atoms with Crippen molar-refractivity contribution in [3.8, 4) is 0 Å². The van der Waals surface area contributed by atoms with Gasteiger partial charge in [0, 0.05) is 11.3 Å². The van der Waals surface area contributed by atoms with E-state index in [9.17, 15) is 9.59 Å². The molecular formula is C21H19NO3. The number of hydrogen-bond donors (Lipinski definition) is 1. The molecule has 0 saturated heterocycles. The first-order chi connectivity index (χ1) is 12.2. The maximum Gasteiger partial charge on any atom is 0.338 e. The summed E-state index contributed by atoms with van der Waals surface area (Å²) in [6, 6.07) is 20.1. The molecule has 0 bridgehead atoms. The van der Waals surface area contributed by atoms with Crippen molar-refractivity contribution in [2.75, 3.05) is 11.9 Å². The van der Waals surface area contributed by atoms with Crippen LogP contribution in [0.2, 0.25) is 0 Å². The lowest BCUT2D eigenvalue weighted by molar-refractivity contribution is 0.0505. The van der Waals surface area contributed by atoms with Crippen molar-refractivity contribution in [1.82, 2.24) is 0 Å². The van der Waals surface area contributed by atoms with E-state index in [0.29, 0.717) is 23.4 Å². The molecule has 0 aliphatic heterocycles. The van der Waals surface area contributed by atoms with E-state index in [1.165, 1.54) is 0 Å². The third-order valence-corrected chi connectivity index (χ3v) is 3.85. The molecular weight excluding hydrogens is 314 g/mol. The number of anilines is 1. The number of ether oxygens (including phenoxy) is 1. The highest BCUT2D eigenvalue weighted by Gasteiger charge is 2.11. The summed E-state index contributed by atoms with van der Waals surface area (Å²) in [6.07, 6.45) is 0.783. The Morgan fingerprint density at radius 2 is 1.64 bits per heavy atom. The van der Waals surface area contributed by atoms with Crippen molar-refractivity contribution >= 4 is 28.3 Å².